The molecule has 0 fully saturated rings. The number of carbonyl (C=O) groups is 2. The lowest BCUT2D eigenvalue weighted by Crippen LogP contribution is -2.23. The van der Waals surface area contributed by atoms with Gasteiger partial charge in [0, 0.05) is 25.6 Å². The van der Waals surface area contributed by atoms with E-state index in [9.17, 15) is 14.7 Å². The van der Waals surface area contributed by atoms with Crippen molar-refractivity contribution in [3.8, 4) is 0 Å². The average Bonchev–Trinajstić information content (AvgIpc) is 2.12. The van der Waals surface area contributed by atoms with Crippen LogP contribution >= 0.6 is 11.8 Å². The number of hydrogen-bond acceptors (Lipinski definition) is 4. The number of rotatable bonds is 6. The summed E-state index contributed by atoms with van der Waals surface area (Å²) in [5.41, 5.74) is 0. The van der Waals surface area contributed by atoms with Crippen LogP contribution in [0.15, 0.2) is 12.2 Å². The number of nitrogens with one attached hydrogen (secondary N) is 1. The van der Waals surface area contributed by atoms with Gasteiger partial charge in [0.05, 0.1) is 6.10 Å². The Morgan fingerprint density at radius 1 is 1.53 bits per heavy atom. The van der Waals surface area contributed by atoms with Crippen LogP contribution in [0.1, 0.15) is 20.3 Å². The van der Waals surface area contributed by atoms with Gasteiger partial charge in [-0.2, -0.15) is 0 Å². The van der Waals surface area contributed by atoms with Crippen molar-refractivity contribution >= 4 is 22.8 Å². The summed E-state index contributed by atoms with van der Waals surface area (Å²) in [6.07, 6.45) is 2.71. The number of allylic oxidation sites excluding steroid dienone is 1. The van der Waals surface area contributed by atoms with E-state index in [1.807, 2.05) is 0 Å². The second kappa shape index (κ2) is 8.49. The fourth-order valence-corrected chi connectivity index (χ4v) is 1.63. The third-order valence-electron chi connectivity index (χ3n) is 1.53. The van der Waals surface area contributed by atoms with Crippen LogP contribution in [0.3, 0.4) is 0 Å². The van der Waals surface area contributed by atoms with Crippen molar-refractivity contribution < 1.29 is 14.7 Å². The van der Waals surface area contributed by atoms with Gasteiger partial charge in [-0.25, -0.2) is 0 Å². The smallest absolute Gasteiger partial charge is 0.216 e. The van der Waals surface area contributed by atoms with E-state index in [-0.39, 0.29) is 17.4 Å². The van der Waals surface area contributed by atoms with E-state index < -0.39 is 6.10 Å². The third-order valence-corrected chi connectivity index (χ3v) is 2.43. The molecule has 1 amide bonds. The molecule has 0 aromatic rings. The Bertz CT molecular complexity index is 241. The molecule has 0 unspecified atom stereocenters. The standard InChI is InChI=1S/C10H17NO3S/c1-3-4-9(13)7-10(14)15-6-5-11-8(2)12/h3-4,9,13H,5-7H2,1-2H3,(H,11,12)/b4-3+/t9-/m1/s1. The van der Waals surface area contributed by atoms with E-state index in [4.69, 9.17) is 0 Å². The maximum atomic E-state index is 11.2. The number of thioether (sulfide) groups is 1. The predicted octanol–water partition coefficient (Wildman–Crippen LogP) is 0.709. The normalized spacial score (nSPS) is 12.7. The minimum absolute atomic E-state index is 0.0639. The van der Waals surface area contributed by atoms with Gasteiger partial charge in [-0.3, -0.25) is 9.59 Å². The zero-order valence-corrected chi connectivity index (χ0v) is 9.84. The zero-order chi connectivity index (χ0) is 11.7. The molecule has 2 N–H and O–H groups in total. The summed E-state index contributed by atoms with van der Waals surface area (Å²) in [5.74, 6) is 0.443. The molecule has 0 aromatic heterocycles. The van der Waals surface area contributed by atoms with Crippen molar-refractivity contribution in [3.05, 3.63) is 12.2 Å². The van der Waals surface area contributed by atoms with Gasteiger partial charge in [0.15, 0.2) is 5.12 Å². The summed E-state index contributed by atoms with van der Waals surface area (Å²) in [6.45, 7) is 3.70. The Labute approximate surface area is 94.1 Å². The van der Waals surface area contributed by atoms with E-state index in [1.165, 1.54) is 6.92 Å². The molecule has 0 saturated carbocycles. The fourth-order valence-electron chi connectivity index (χ4n) is 0.912. The van der Waals surface area contributed by atoms with Crippen molar-refractivity contribution in [1.29, 1.82) is 0 Å². The van der Waals surface area contributed by atoms with Crippen LogP contribution in [0.25, 0.3) is 0 Å². The number of aliphatic hydroxyl groups excluding tert-OH is 1. The van der Waals surface area contributed by atoms with Crippen molar-refractivity contribution in [2.75, 3.05) is 12.3 Å². The van der Waals surface area contributed by atoms with Crippen molar-refractivity contribution in [1.82, 2.24) is 5.32 Å². The molecule has 15 heavy (non-hydrogen) atoms. The molecule has 0 aliphatic heterocycles. The first-order valence-corrected chi connectivity index (χ1v) is 5.75. The molecule has 0 radical (unpaired) electrons. The predicted molar refractivity (Wildman–Crippen MR) is 61.6 cm³/mol. The fraction of sp³-hybridized carbons (Fsp3) is 0.600. The first kappa shape index (κ1) is 14.2. The number of hydrogen-bond donors (Lipinski definition) is 2. The quantitative estimate of drug-likeness (QED) is 0.522. The Morgan fingerprint density at radius 3 is 2.73 bits per heavy atom. The molecule has 1 atom stereocenters. The van der Waals surface area contributed by atoms with E-state index in [1.54, 1.807) is 19.1 Å². The van der Waals surface area contributed by atoms with Gasteiger partial charge >= 0.3 is 0 Å². The van der Waals surface area contributed by atoms with E-state index in [0.29, 0.717) is 12.3 Å². The first-order chi connectivity index (χ1) is 7.06. The minimum Gasteiger partial charge on any atom is -0.389 e. The molecule has 0 rings (SSSR count). The van der Waals surface area contributed by atoms with Gasteiger partial charge in [0.2, 0.25) is 5.91 Å². The SMILES string of the molecule is C/C=C/[C@@H](O)CC(=O)SCCNC(C)=O. The summed E-state index contributed by atoms with van der Waals surface area (Å²) in [4.78, 5) is 21.7. The molecule has 86 valence electrons. The third kappa shape index (κ3) is 9.49. The maximum Gasteiger partial charge on any atom is 0.216 e. The highest BCUT2D eigenvalue weighted by Crippen LogP contribution is 2.07. The monoisotopic (exact) mass is 231 g/mol. The lowest BCUT2D eigenvalue weighted by atomic mass is 10.2. The second-order valence-corrected chi connectivity index (χ2v) is 4.15. The van der Waals surface area contributed by atoms with Crippen molar-refractivity contribution in [2.24, 2.45) is 0 Å². The van der Waals surface area contributed by atoms with Crippen LogP contribution in [-0.2, 0) is 9.59 Å². The first-order valence-electron chi connectivity index (χ1n) is 4.77. The van der Waals surface area contributed by atoms with Gasteiger partial charge in [-0.15, -0.1) is 0 Å². The molecular formula is C10H17NO3S. The van der Waals surface area contributed by atoms with E-state index in [0.717, 1.165) is 11.8 Å². The Hall–Kier alpha value is -0.810. The van der Waals surface area contributed by atoms with Crippen molar-refractivity contribution in [3.63, 3.8) is 0 Å². The summed E-state index contributed by atoms with van der Waals surface area (Å²) >= 11 is 1.13. The summed E-state index contributed by atoms with van der Waals surface area (Å²) in [5, 5.41) is 11.8. The number of aliphatic hydroxyl groups is 1. The molecule has 0 bridgehead atoms. The summed E-state index contributed by atoms with van der Waals surface area (Å²) < 4.78 is 0. The van der Waals surface area contributed by atoms with Gasteiger partial charge < -0.3 is 10.4 Å². The van der Waals surface area contributed by atoms with Gasteiger partial charge in [0.25, 0.3) is 0 Å². The maximum absolute atomic E-state index is 11.2. The molecule has 0 aliphatic carbocycles. The van der Waals surface area contributed by atoms with Crippen LogP contribution in [0.2, 0.25) is 0 Å². The van der Waals surface area contributed by atoms with Crippen molar-refractivity contribution in [2.45, 2.75) is 26.4 Å². The van der Waals surface area contributed by atoms with Gasteiger partial charge in [-0.05, 0) is 6.92 Å². The molecule has 0 aliphatic rings. The Balaban J connectivity index is 3.53. The van der Waals surface area contributed by atoms with Crippen LogP contribution < -0.4 is 5.32 Å². The molecule has 0 heterocycles. The molecular weight excluding hydrogens is 214 g/mol. The minimum atomic E-state index is -0.698. The second-order valence-electron chi connectivity index (χ2n) is 3.00. The highest BCUT2D eigenvalue weighted by molar-refractivity contribution is 8.13. The van der Waals surface area contributed by atoms with Gasteiger partial charge in [-0.1, -0.05) is 23.9 Å². The highest BCUT2D eigenvalue weighted by atomic mass is 32.2. The van der Waals surface area contributed by atoms with Crippen LogP contribution in [0.4, 0.5) is 0 Å². The van der Waals surface area contributed by atoms with Crippen LogP contribution in [0, 0.1) is 0 Å². The molecule has 4 nitrogen and oxygen atoms in total. The lowest BCUT2D eigenvalue weighted by molar-refractivity contribution is -0.119. The lowest BCUT2D eigenvalue weighted by Gasteiger charge is -2.04. The topological polar surface area (TPSA) is 66.4 Å². The number of carbonyl (C=O) groups excluding carboxylic acids is 2. The van der Waals surface area contributed by atoms with Crippen LogP contribution in [0.5, 0.6) is 0 Å². The van der Waals surface area contributed by atoms with Crippen LogP contribution in [-0.4, -0.2) is 34.5 Å². The summed E-state index contributed by atoms with van der Waals surface area (Å²) in [6, 6.07) is 0. The molecule has 0 spiro atoms. The number of amides is 1. The Morgan fingerprint density at radius 2 is 2.20 bits per heavy atom. The molecule has 5 heteroatoms. The largest absolute Gasteiger partial charge is 0.389 e. The highest BCUT2D eigenvalue weighted by Gasteiger charge is 2.07. The Kier molecular flexibility index (Phi) is 8.04. The summed E-state index contributed by atoms with van der Waals surface area (Å²) in [7, 11) is 0. The van der Waals surface area contributed by atoms with E-state index in [2.05, 4.69) is 5.32 Å². The molecule has 0 aromatic carbocycles. The van der Waals surface area contributed by atoms with E-state index >= 15 is 0 Å². The van der Waals surface area contributed by atoms with Gasteiger partial charge in [0.1, 0.15) is 0 Å². The average molecular weight is 231 g/mol. The molecule has 0 saturated heterocycles. The zero-order valence-electron chi connectivity index (χ0n) is 9.03.